The van der Waals surface area contributed by atoms with Crippen LogP contribution in [0.15, 0.2) is 0 Å². The maximum atomic E-state index is 6.86. The van der Waals surface area contributed by atoms with E-state index in [-0.39, 0.29) is 0 Å². The highest BCUT2D eigenvalue weighted by Crippen LogP contribution is 2.43. The van der Waals surface area contributed by atoms with Crippen molar-refractivity contribution in [2.24, 2.45) is 17.8 Å². The van der Waals surface area contributed by atoms with Crippen molar-refractivity contribution in [1.82, 2.24) is 0 Å². The molecular weight excluding hydrogens is 697 g/mol. The van der Waals surface area contributed by atoms with Crippen molar-refractivity contribution >= 4 is 78.5 Å². The standard InChI is InChI=1S/C29H76O6Si9/c1-36-30-42(12,13)33-39(6,7)21-18-27-24-28(19-22-40(8,9)34-43(14,15)31-37(2)3)26-29(25-27)20-23-41(10,11)35-44(16,17)32-38(4)5/h27-29,37-38H,18-26,36H2,1-17H3. The van der Waals surface area contributed by atoms with E-state index in [4.69, 9.17) is 24.7 Å². The van der Waals surface area contributed by atoms with Crippen molar-refractivity contribution < 1.29 is 24.7 Å². The van der Waals surface area contributed by atoms with Gasteiger partial charge in [0.2, 0.25) is 0 Å². The van der Waals surface area contributed by atoms with Crippen LogP contribution in [-0.2, 0) is 24.7 Å². The lowest BCUT2D eigenvalue weighted by Gasteiger charge is -2.40. The molecule has 1 saturated carbocycles. The van der Waals surface area contributed by atoms with Crippen LogP contribution in [0, 0.1) is 17.8 Å². The van der Waals surface area contributed by atoms with Gasteiger partial charge in [0.1, 0.15) is 9.76 Å². The summed E-state index contributed by atoms with van der Waals surface area (Å²) in [7, 11) is -14.0. The van der Waals surface area contributed by atoms with Crippen LogP contribution in [0.5, 0.6) is 0 Å². The molecule has 0 aromatic carbocycles. The van der Waals surface area contributed by atoms with Gasteiger partial charge in [-0.1, -0.05) is 25.8 Å². The van der Waals surface area contributed by atoms with Gasteiger partial charge in [0.05, 0.1) is 0 Å². The first kappa shape index (κ1) is 43.7. The summed E-state index contributed by atoms with van der Waals surface area (Å²) in [4.78, 5) is 0. The SMILES string of the molecule is C[SiH2]O[Si](C)(C)O[Si](C)(C)CCC1CC(CC[Si](C)(C)O[Si](C)(C)O[SiH](C)C)CC(CC[Si](C)(C)O[Si](C)(C)O[SiH](C)C)C1. The normalized spacial score (nSPS) is 21.8. The molecular formula is C29H76O6Si9. The lowest BCUT2D eigenvalue weighted by molar-refractivity contribution is 0.179. The third kappa shape index (κ3) is 19.6. The first-order valence-corrected chi connectivity index (χ1v) is 43.2. The van der Waals surface area contributed by atoms with Gasteiger partial charge in [-0.05, 0) is 160 Å². The van der Waals surface area contributed by atoms with Gasteiger partial charge in [-0.3, -0.25) is 0 Å². The minimum atomic E-state index is -2.04. The van der Waals surface area contributed by atoms with Crippen LogP contribution < -0.4 is 0 Å². The smallest absolute Gasteiger partial charge is 0.310 e. The monoisotopic (exact) mass is 772 g/mol. The van der Waals surface area contributed by atoms with Crippen molar-refractivity contribution in [2.45, 2.75) is 168 Å². The van der Waals surface area contributed by atoms with E-state index in [0.717, 1.165) is 17.8 Å². The maximum absolute atomic E-state index is 6.86. The van der Waals surface area contributed by atoms with Crippen molar-refractivity contribution in [1.29, 1.82) is 0 Å². The van der Waals surface area contributed by atoms with Crippen LogP contribution in [0.4, 0.5) is 0 Å². The molecule has 264 valence electrons. The predicted molar refractivity (Wildman–Crippen MR) is 216 cm³/mol. The topological polar surface area (TPSA) is 55.4 Å². The summed E-state index contributed by atoms with van der Waals surface area (Å²) in [5.74, 6) is 2.41. The van der Waals surface area contributed by atoms with Gasteiger partial charge in [-0.15, -0.1) is 0 Å². The molecule has 44 heavy (non-hydrogen) atoms. The zero-order valence-corrected chi connectivity index (χ0v) is 42.1. The minimum Gasteiger partial charge on any atom is -0.442 e. The largest absolute Gasteiger partial charge is 0.442 e. The van der Waals surface area contributed by atoms with Crippen LogP contribution in [0.1, 0.15) is 38.5 Å². The summed E-state index contributed by atoms with van der Waals surface area (Å²) < 4.78 is 39.5. The van der Waals surface area contributed by atoms with Gasteiger partial charge in [-0.2, -0.15) is 0 Å². The third-order valence-corrected chi connectivity index (χ3v) is 37.8. The van der Waals surface area contributed by atoms with Gasteiger partial charge in [0.25, 0.3) is 0 Å². The van der Waals surface area contributed by atoms with E-state index in [0.29, 0.717) is 0 Å². The van der Waals surface area contributed by atoms with E-state index >= 15 is 0 Å². The van der Waals surface area contributed by atoms with E-state index < -0.39 is 78.5 Å². The second-order valence-electron chi connectivity index (χ2n) is 17.5. The summed E-state index contributed by atoms with van der Waals surface area (Å²) in [5, 5.41) is 0. The van der Waals surface area contributed by atoms with Gasteiger partial charge in [0.15, 0.2) is 43.0 Å². The van der Waals surface area contributed by atoms with E-state index in [9.17, 15) is 0 Å². The Balaban J connectivity index is 2.97. The molecule has 0 N–H and O–H groups in total. The second kappa shape index (κ2) is 18.1. The number of hydrogen-bond acceptors (Lipinski definition) is 6. The molecule has 1 aliphatic carbocycles. The molecule has 2 unspecified atom stereocenters. The molecule has 15 heteroatoms. The molecule has 1 aliphatic rings. The highest BCUT2D eigenvalue weighted by Gasteiger charge is 2.40. The molecule has 0 spiro atoms. The summed E-state index contributed by atoms with van der Waals surface area (Å²) in [5.41, 5.74) is 0. The summed E-state index contributed by atoms with van der Waals surface area (Å²) in [6.45, 7) is 39.4. The third-order valence-electron chi connectivity index (χ3n) is 8.56. The van der Waals surface area contributed by atoms with Crippen molar-refractivity contribution in [3.63, 3.8) is 0 Å². The number of rotatable bonds is 21. The van der Waals surface area contributed by atoms with Crippen LogP contribution in [0.3, 0.4) is 0 Å². The van der Waals surface area contributed by atoms with Crippen LogP contribution in [-0.4, -0.2) is 78.5 Å². The van der Waals surface area contributed by atoms with Crippen molar-refractivity contribution in [3.05, 3.63) is 0 Å². The number of hydrogen-bond donors (Lipinski definition) is 0. The molecule has 0 radical (unpaired) electrons. The minimum absolute atomic E-state index is 0.437. The molecule has 0 amide bonds. The lowest BCUT2D eigenvalue weighted by atomic mass is 9.72. The Hall–Kier alpha value is 1.71. The fourth-order valence-corrected chi connectivity index (χ4v) is 42.2. The van der Waals surface area contributed by atoms with Gasteiger partial charge in [-0.25, -0.2) is 0 Å². The molecule has 0 saturated heterocycles. The molecule has 6 nitrogen and oxygen atoms in total. The average molecular weight is 774 g/mol. The highest BCUT2D eigenvalue weighted by atomic mass is 28.5. The van der Waals surface area contributed by atoms with Crippen molar-refractivity contribution in [3.8, 4) is 0 Å². The Bertz CT molecular complexity index is 792. The average Bonchev–Trinajstić information content (AvgIpc) is 2.76. The molecule has 0 heterocycles. The Morgan fingerprint density at radius 1 is 0.500 bits per heavy atom. The summed E-state index contributed by atoms with van der Waals surface area (Å²) in [6, 6.07) is 3.75. The fourth-order valence-electron chi connectivity index (χ4n) is 7.77. The highest BCUT2D eigenvalue weighted by molar-refractivity contribution is 6.85. The van der Waals surface area contributed by atoms with Gasteiger partial charge in [0, 0.05) is 0 Å². The first-order valence-electron chi connectivity index (χ1n) is 17.8. The van der Waals surface area contributed by atoms with E-state index in [1.165, 1.54) is 56.7 Å². The fraction of sp³-hybridized carbons (Fsp3) is 1.00. The van der Waals surface area contributed by atoms with Crippen LogP contribution >= 0.6 is 0 Å². The molecule has 1 rings (SSSR count). The first-order chi connectivity index (χ1) is 19.7. The zero-order chi connectivity index (χ0) is 34.2. The van der Waals surface area contributed by atoms with Gasteiger partial charge < -0.3 is 24.7 Å². The molecule has 0 aromatic rings. The van der Waals surface area contributed by atoms with Gasteiger partial charge >= 0.3 is 25.7 Å². The molecule has 0 aromatic heterocycles. The van der Waals surface area contributed by atoms with E-state index in [2.05, 4.69) is 111 Å². The van der Waals surface area contributed by atoms with Crippen molar-refractivity contribution in [2.75, 3.05) is 0 Å². The summed E-state index contributed by atoms with van der Waals surface area (Å²) >= 11 is 0. The quantitative estimate of drug-likeness (QED) is 0.109. The molecule has 1 fully saturated rings. The Kier molecular flexibility index (Phi) is 18.0. The van der Waals surface area contributed by atoms with Crippen LogP contribution in [0.25, 0.3) is 0 Å². The predicted octanol–water partition coefficient (Wildman–Crippen LogP) is 9.11. The molecule has 0 bridgehead atoms. The molecule has 2 atom stereocenters. The zero-order valence-electron chi connectivity index (χ0n) is 32.4. The second-order valence-corrected chi connectivity index (χ2v) is 48.2. The maximum Gasteiger partial charge on any atom is 0.310 e. The Labute approximate surface area is 287 Å². The Morgan fingerprint density at radius 3 is 1.02 bits per heavy atom. The van der Waals surface area contributed by atoms with Crippen LogP contribution in [0.2, 0.25) is 129 Å². The van der Waals surface area contributed by atoms with E-state index in [1.54, 1.807) is 0 Å². The lowest BCUT2D eigenvalue weighted by Crippen LogP contribution is -2.48. The Morgan fingerprint density at radius 2 is 0.773 bits per heavy atom. The summed E-state index contributed by atoms with van der Waals surface area (Å²) in [6.07, 6.45) is 8.08. The van der Waals surface area contributed by atoms with E-state index in [1.807, 2.05) is 0 Å². The molecule has 0 aliphatic heterocycles.